The smallest absolute Gasteiger partial charge is 0.228 e. The summed E-state index contributed by atoms with van der Waals surface area (Å²) in [6.45, 7) is 7.18. The van der Waals surface area contributed by atoms with Crippen LogP contribution < -0.4 is 5.73 Å². The van der Waals surface area contributed by atoms with Crippen LogP contribution in [0.5, 0.6) is 0 Å². The maximum atomic E-state index is 13.1. The number of nitrogens with two attached hydrogens (primary N) is 1. The van der Waals surface area contributed by atoms with Crippen molar-refractivity contribution in [3.63, 3.8) is 0 Å². The highest BCUT2D eigenvalue weighted by atomic mass is 35.5. The lowest BCUT2D eigenvalue weighted by Gasteiger charge is -2.40. The molecule has 0 aromatic rings. The molecule has 1 amide bonds. The van der Waals surface area contributed by atoms with Crippen molar-refractivity contribution in [2.45, 2.75) is 65.2 Å². The summed E-state index contributed by atoms with van der Waals surface area (Å²) in [7, 11) is 0. The molecule has 0 radical (unpaired) electrons. The molecule has 2 N–H and O–H groups in total. The summed E-state index contributed by atoms with van der Waals surface area (Å²) in [6, 6.07) is 0. The molecule has 2 rings (SSSR count). The van der Waals surface area contributed by atoms with Crippen molar-refractivity contribution in [2.24, 2.45) is 23.0 Å². The Kier molecular flexibility index (Phi) is 7.49. The predicted molar refractivity (Wildman–Crippen MR) is 90.6 cm³/mol. The van der Waals surface area contributed by atoms with Crippen molar-refractivity contribution < 1.29 is 4.79 Å². The lowest BCUT2D eigenvalue weighted by Crippen LogP contribution is -2.48. The van der Waals surface area contributed by atoms with Crippen LogP contribution in [0.25, 0.3) is 0 Å². The Balaban J connectivity index is 0.00000220. The minimum absolute atomic E-state index is 0. The SMILES string of the molecule is CC(C)CC1(C(=O)N2CCCC(CCN)C2)CCCC1.Cl. The first-order valence-electron chi connectivity index (χ1n) is 8.57. The molecular weight excluding hydrogens is 284 g/mol. The summed E-state index contributed by atoms with van der Waals surface area (Å²) in [4.78, 5) is 15.3. The van der Waals surface area contributed by atoms with Crippen LogP contribution in [0.15, 0.2) is 0 Å². The minimum atomic E-state index is -0.0290. The Labute approximate surface area is 136 Å². The maximum Gasteiger partial charge on any atom is 0.228 e. The van der Waals surface area contributed by atoms with Crippen molar-refractivity contribution >= 4 is 18.3 Å². The normalized spacial score (nSPS) is 25.0. The largest absolute Gasteiger partial charge is 0.342 e. The molecule has 1 saturated heterocycles. The number of halogens is 1. The van der Waals surface area contributed by atoms with Crippen LogP contribution in [0.1, 0.15) is 65.2 Å². The summed E-state index contributed by atoms with van der Waals surface area (Å²) in [5, 5.41) is 0. The first-order chi connectivity index (χ1) is 9.57. The van der Waals surface area contributed by atoms with Gasteiger partial charge in [-0.3, -0.25) is 4.79 Å². The highest BCUT2D eigenvalue weighted by molar-refractivity contribution is 5.85. The number of amides is 1. The van der Waals surface area contributed by atoms with E-state index in [4.69, 9.17) is 5.73 Å². The number of rotatable bonds is 5. The zero-order valence-electron chi connectivity index (χ0n) is 13.8. The van der Waals surface area contributed by atoms with E-state index in [1.54, 1.807) is 0 Å². The molecule has 1 aliphatic heterocycles. The predicted octanol–water partition coefficient (Wildman–Crippen LogP) is 3.60. The van der Waals surface area contributed by atoms with Gasteiger partial charge in [-0.2, -0.15) is 0 Å². The van der Waals surface area contributed by atoms with Crippen LogP contribution >= 0.6 is 12.4 Å². The van der Waals surface area contributed by atoms with E-state index in [0.717, 1.165) is 51.7 Å². The van der Waals surface area contributed by atoms with Crippen LogP contribution in [-0.2, 0) is 4.79 Å². The average Bonchev–Trinajstić information content (AvgIpc) is 2.87. The highest BCUT2D eigenvalue weighted by Crippen LogP contribution is 2.45. The van der Waals surface area contributed by atoms with E-state index < -0.39 is 0 Å². The molecule has 2 aliphatic rings. The summed E-state index contributed by atoms with van der Waals surface area (Å²) in [5.74, 6) is 1.71. The van der Waals surface area contributed by atoms with Crippen molar-refractivity contribution in [1.29, 1.82) is 0 Å². The number of hydrogen-bond donors (Lipinski definition) is 1. The minimum Gasteiger partial charge on any atom is -0.342 e. The highest BCUT2D eigenvalue weighted by Gasteiger charge is 2.44. The van der Waals surface area contributed by atoms with E-state index in [2.05, 4.69) is 18.7 Å². The molecule has 2 fully saturated rings. The van der Waals surface area contributed by atoms with E-state index in [1.165, 1.54) is 19.3 Å². The molecule has 1 saturated carbocycles. The number of hydrogen-bond acceptors (Lipinski definition) is 2. The zero-order valence-corrected chi connectivity index (χ0v) is 14.6. The van der Waals surface area contributed by atoms with Gasteiger partial charge in [0.15, 0.2) is 0 Å². The Morgan fingerprint density at radius 3 is 2.52 bits per heavy atom. The van der Waals surface area contributed by atoms with Crippen molar-refractivity contribution in [3.8, 4) is 0 Å². The lowest BCUT2D eigenvalue weighted by atomic mass is 9.76. The fourth-order valence-corrected chi connectivity index (χ4v) is 4.39. The first-order valence-corrected chi connectivity index (χ1v) is 8.57. The van der Waals surface area contributed by atoms with E-state index in [-0.39, 0.29) is 17.8 Å². The van der Waals surface area contributed by atoms with E-state index in [1.807, 2.05) is 0 Å². The van der Waals surface area contributed by atoms with Crippen molar-refractivity contribution in [1.82, 2.24) is 4.90 Å². The Hall–Kier alpha value is -0.280. The summed E-state index contributed by atoms with van der Waals surface area (Å²) >= 11 is 0. The van der Waals surface area contributed by atoms with E-state index in [9.17, 15) is 4.79 Å². The lowest BCUT2D eigenvalue weighted by molar-refractivity contribution is -0.145. The van der Waals surface area contributed by atoms with Gasteiger partial charge in [0.25, 0.3) is 0 Å². The van der Waals surface area contributed by atoms with E-state index in [0.29, 0.717) is 17.7 Å². The van der Waals surface area contributed by atoms with Gasteiger partial charge < -0.3 is 10.6 Å². The third-order valence-corrected chi connectivity index (χ3v) is 5.19. The van der Waals surface area contributed by atoms with Gasteiger partial charge in [0.1, 0.15) is 0 Å². The Morgan fingerprint density at radius 1 is 1.29 bits per heavy atom. The quantitative estimate of drug-likeness (QED) is 0.842. The van der Waals surface area contributed by atoms with Gasteiger partial charge in [0, 0.05) is 18.5 Å². The first kappa shape index (κ1) is 18.8. The monoisotopic (exact) mass is 316 g/mol. The van der Waals surface area contributed by atoms with Crippen LogP contribution in [0.4, 0.5) is 0 Å². The van der Waals surface area contributed by atoms with Crippen molar-refractivity contribution in [2.75, 3.05) is 19.6 Å². The average molecular weight is 317 g/mol. The third-order valence-electron chi connectivity index (χ3n) is 5.19. The second kappa shape index (κ2) is 8.38. The Morgan fingerprint density at radius 2 is 1.95 bits per heavy atom. The molecular formula is C17H33ClN2O. The molecule has 1 unspecified atom stereocenters. The molecule has 1 aliphatic carbocycles. The van der Waals surface area contributed by atoms with Gasteiger partial charge in [0.2, 0.25) is 5.91 Å². The molecule has 1 heterocycles. The van der Waals surface area contributed by atoms with Crippen molar-refractivity contribution in [3.05, 3.63) is 0 Å². The standard InChI is InChI=1S/C17H32N2O.ClH/c1-14(2)12-17(8-3-4-9-17)16(20)19-11-5-6-15(13-19)7-10-18;/h14-15H,3-13,18H2,1-2H3;1H. The molecule has 3 nitrogen and oxygen atoms in total. The molecule has 21 heavy (non-hydrogen) atoms. The Bertz CT molecular complexity index is 325. The number of nitrogens with zero attached hydrogens (tertiary/aromatic N) is 1. The van der Waals surface area contributed by atoms with E-state index >= 15 is 0 Å². The van der Waals surface area contributed by atoms with Crippen LogP contribution in [0, 0.1) is 17.3 Å². The molecule has 0 spiro atoms. The molecule has 1 atom stereocenters. The number of likely N-dealkylation sites (tertiary alicyclic amines) is 1. The summed E-state index contributed by atoms with van der Waals surface area (Å²) < 4.78 is 0. The third kappa shape index (κ3) is 4.59. The zero-order chi connectivity index (χ0) is 14.6. The molecule has 0 aromatic heterocycles. The van der Waals surface area contributed by atoms with Gasteiger partial charge in [-0.15, -0.1) is 12.4 Å². The van der Waals surface area contributed by atoms with Crippen LogP contribution in [0.2, 0.25) is 0 Å². The second-order valence-corrected chi connectivity index (χ2v) is 7.42. The molecule has 4 heteroatoms. The fourth-order valence-electron chi connectivity index (χ4n) is 4.39. The number of carbonyl (C=O) groups excluding carboxylic acids is 1. The van der Waals surface area contributed by atoms with Gasteiger partial charge in [-0.1, -0.05) is 26.7 Å². The number of piperidine rings is 1. The fraction of sp³-hybridized carbons (Fsp3) is 0.941. The van der Waals surface area contributed by atoms with Gasteiger partial charge >= 0.3 is 0 Å². The maximum absolute atomic E-state index is 13.1. The van der Waals surface area contributed by atoms with Crippen LogP contribution in [-0.4, -0.2) is 30.4 Å². The topological polar surface area (TPSA) is 46.3 Å². The van der Waals surface area contributed by atoms with Crippen LogP contribution in [0.3, 0.4) is 0 Å². The number of carbonyl (C=O) groups is 1. The van der Waals surface area contributed by atoms with Gasteiger partial charge in [-0.05, 0) is 56.9 Å². The molecule has 124 valence electrons. The molecule has 0 aromatic carbocycles. The molecule has 0 bridgehead atoms. The second-order valence-electron chi connectivity index (χ2n) is 7.42. The van der Waals surface area contributed by atoms with Gasteiger partial charge in [0.05, 0.1) is 0 Å². The van der Waals surface area contributed by atoms with Gasteiger partial charge in [-0.25, -0.2) is 0 Å². The summed E-state index contributed by atoms with van der Waals surface area (Å²) in [5.41, 5.74) is 5.66. The summed E-state index contributed by atoms with van der Waals surface area (Å²) in [6.07, 6.45) is 9.25.